The van der Waals surface area contributed by atoms with Crippen LogP contribution in [0.3, 0.4) is 0 Å². The maximum Gasteiger partial charge on any atom is 0.0654 e. The molecule has 0 amide bonds. The predicted molar refractivity (Wildman–Crippen MR) is 84.2 cm³/mol. The lowest BCUT2D eigenvalue weighted by Gasteiger charge is -2.09. The second-order valence-corrected chi connectivity index (χ2v) is 4.77. The fourth-order valence-corrected chi connectivity index (χ4v) is 2.13. The average molecular weight is 249 g/mol. The summed E-state index contributed by atoms with van der Waals surface area (Å²) in [5.41, 5.74) is 5.81. The van der Waals surface area contributed by atoms with E-state index in [2.05, 4.69) is 54.7 Å². The van der Waals surface area contributed by atoms with Crippen molar-refractivity contribution in [1.82, 2.24) is 0 Å². The monoisotopic (exact) mass is 249 g/mol. The van der Waals surface area contributed by atoms with E-state index in [1.807, 2.05) is 19.1 Å². The fourth-order valence-electron chi connectivity index (χ4n) is 2.13. The third-order valence-corrected chi connectivity index (χ3v) is 3.27. The van der Waals surface area contributed by atoms with Gasteiger partial charge in [0.25, 0.3) is 0 Å². The molecule has 1 nitrogen and oxygen atoms in total. The topological polar surface area (TPSA) is 12.4 Å². The molecule has 0 saturated heterocycles. The highest BCUT2D eigenvalue weighted by molar-refractivity contribution is 5.66. The molecule has 0 aliphatic heterocycles. The predicted octanol–water partition coefficient (Wildman–Crippen LogP) is 4.84. The first-order valence-corrected chi connectivity index (χ1v) is 6.50. The summed E-state index contributed by atoms with van der Waals surface area (Å²) in [6.07, 6.45) is 1.99. The summed E-state index contributed by atoms with van der Waals surface area (Å²) in [6.45, 7) is 9.67. The van der Waals surface area contributed by atoms with E-state index in [-0.39, 0.29) is 0 Å². The van der Waals surface area contributed by atoms with Crippen LogP contribution in [0.5, 0.6) is 0 Å². The summed E-state index contributed by atoms with van der Waals surface area (Å²) in [5, 5.41) is 0. The molecule has 0 bridgehead atoms. The van der Waals surface area contributed by atoms with Crippen molar-refractivity contribution in [2.24, 2.45) is 4.99 Å². The van der Waals surface area contributed by atoms with Crippen molar-refractivity contribution in [1.29, 1.82) is 0 Å². The van der Waals surface area contributed by atoms with E-state index in [4.69, 9.17) is 0 Å². The smallest absolute Gasteiger partial charge is 0.0654 e. The van der Waals surface area contributed by atoms with Crippen LogP contribution in [0.4, 0.5) is 5.69 Å². The van der Waals surface area contributed by atoms with Gasteiger partial charge >= 0.3 is 0 Å². The SMILES string of the molecule is C=Nc1ccc(C(=C)C)cc1CCc1ccccc1. The van der Waals surface area contributed by atoms with Gasteiger partial charge in [0.15, 0.2) is 0 Å². The summed E-state index contributed by atoms with van der Waals surface area (Å²) in [4.78, 5) is 4.10. The average Bonchev–Trinajstić information content (AvgIpc) is 2.45. The van der Waals surface area contributed by atoms with Gasteiger partial charge in [0.05, 0.1) is 5.69 Å². The molecule has 1 heteroatoms. The van der Waals surface area contributed by atoms with Gasteiger partial charge in [0, 0.05) is 0 Å². The molecule has 0 N–H and O–H groups in total. The first kappa shape index (κ1) is 13.3. The van der Waals surface area contributed by atoms with Crippen LogP contribution in [-0.4, -0.2) is 6.72 Å². The van der Waals surface area contributed by atoms with Crippen molar-refractivity contribution in [3.05, 3.63) is 71.8 Å². The molecule has 0 aliphatic rings. The Bertz CT molecular complexity index is 582. The van der Waals surface area contributed by atoms with Crippen molar-refractivity contribution in [3.8, 4) is 0 Å². The Balaban J connectivity index is 2.20. The van der Waals surface area contributed by atoms with Gasteiger partial charge in [-0.2, -0.15) is 0 Å². The zero-order valence-corrected chi connectivity index (χ0v) is 11.4. The summed E-state index contributed by atoms with van der Waals surface area (Å²) < 4.78 is 0. The van der Waals surface area contributed by atoms with Crippen LogP contribution in [0.25, 0.3) is 5.57 Å². The minimum Gasteiger partial charge on any atom is -0.264 e. The molecule has 0 saturated carbocycles. The molecule has 0 aromatic heterocycles. The third kappa shape index (κ3) is 3.41. The summed E-state index contributed by atoms with van der Waals surface area (Å²) in [5.74, 6) is 0. The summed E-state index contributed by atoms with van der Waals surface area (Å²) in [6, 6.07) is 16.8. The first-order chi connectivity index (χ1) is 9.20. The molecule has 0 aliphatic carbocycles. The molecular formula is C18H19N. The molecule has 0 unspecified atom stereocenters. The number of aryl methyl sites for hydroxylation is 2. The van der Waals surface area contributed by atoms with Crippen LogP contribution in [0.2, 0.25) is 0 Å². The lowest BCUT2D eigenvalue weighted by molar-refractivity contribution is 0.959. The van der Waals surface area contributed by atoms with Gasteiger partial charge in [-0.05, 0) is 55.3 Å². The molecular weight excluding hydrogens is 230 g/mol. The van der Waals surface area contributed by atoms with E-state index in [9.17, 15) is 0 Å². The minimum absolute atomic E-state index is 0.972. The Morgan fingerprint density at radius 3 is 2.42 bits per heavy atom. The lowest BCUT2D eigenvalue weighted by Crippen LogP contribution is -1.93. The molecule has 0 atom stereocenters. The van der Waals surface area contributed by atoms with Crippen molar-refractivity contribution >= 4 is 18.0 Å². The van der Waals surface area contributed by atoms with Gasteiger partial charge in [-0.1, -0.05) is 48.6 Å². The van der Waals surface area contributed by atoms with Crippen LogP contribution in [0.1, 0.15) is 23.6 Å². The highest BCUT2D eigenvalue weighted by Gasteiger charge is 2.04. The van der Waals surface area contributed by atoms with Gasteiger partial charge in [0.1, 0.15) is 0 Å². The van der Waals surface area contributed by atoms with Gasteiger partial charge in [0.2, 0.25) is 0 Å². The molecule has 2 rings (SSSR count). The Labute approximate surface area is 115 Å². The summed E-state index contributed by atoms with van der Waals surface area (Å²) >= 11 is 0. The Morgan fingerprint density at radius 2 is 1.79 bits per heavy atom. The molecule has 2 aromatic rings. The van der Waals surface area contributed by atoms with Crippen molar-refractivity contribution in [2.75, 3.05) is 0 Å². The molecule has 96 valence electrons. The van der Waals surface area contributed by atoms with E-state index in [1.54, 1.807) is 0 Å². The van der Waals surface area contributed by atoms with E-state index >= 15 is 0 Å². The Kier molecular flexibility index (Phi) is 4.30. The van der Waals surface area contributed by atoms with Gasteiger partial charge < -0.3 is 0 Å². The lowest BCUT2D eigenvalue weighted by atomic mass is 9.99. The van der Waals surface area contributed by atoms with Crippen LogP contribution in [0, 0.1) is 0 Å². The standard InChI is InChI=1S/C18H19N/c1-14(2)16-11-12-18(19-3)17(13-16)10-9-15-7-5-4-6-8-15/h4-8,11-13H,1,3,9-10H2,2H3. The van der Waals surface area contributed by atoms with Gasteiger partial charge in [-0.15, -0.1) is 0 Å². The molecule has 0 radical (unpaired) electrons. The van der Waals surface area contributed by atoms with Crippen molar-refractivity contribution in [3.63, 3.8) is 0 Å². The molecule has 2 aromatic carbocycles. The number of benzene rings is 2. The number of rotatable bonds is 5. The van der Waals surface area contributed by atoms with E-state index < -0.39 is 0 Å². The number of nitrogens with zero attached hydrogens (tertiary/aromatic N) is 1. The van der Waals surface area contributed by atoms with Crippen LogP contribution in [-0.2, 0) is 12.8 Å². The highest BCUT2D eigenvalue weighted by Crippen LogP contribution is 2.24. The van der Waals surface area contributed by atoms with Gasteiger partial charge in [-0.25, -0.2) is 0 Å². The molecule has 0 heterocycles. The molecule has 0 fully saturated rings. The maximum absolute atomic E-state index is 4.10. The molecule has 0 spiro atoms. The normalized spacial score (nSPS) is 10.2. The fraction of sp³-hybridized carbons (Fsp3) is 0.167. The van der Waals surface area contributed by atoms with Crippen molar-refractivity contribution in [2.45, 2.75) is 19.8 Å². The minimum atomic E-state index is 0.972. The van der Waals surface area contributed by atoms with Crippen LogP contribution < -0.4 is 0 Å². The Hall–Kier alpha value is -2.15. The maximum atomic E-state index is 4.10. The second-order valence-electron chi connectivity index (χ2n) is 4.77. The third-order valence-electron chi connectivity index (χ3n) is 3.27. The number of allylic oxidation sites excluding steroid dienone is 1. The summed E-state index contributed by atoms with van der Waals surface area (Å²) in [7, 11) is 0. The second kappa shape index (κ2) is 6.14. The van der Waals surface area contributed by atoms with Crippen molar-refractivity contribution < 1.29 is 0 Å². The Morgan fingerprint density at radius 1 is 1.05 bits per heavy atom. The van der Waals surface area contributed by atoms with E-state index in [0.29, 0.717) is 0 Å². The zero-order chi connectivity index (χ0) is 13.7. The number of aliphatic imine (C=N–C) groups is 1. The quantitative estimate of drug-likeness (QED) is 0.672. The largest absolute Gasteiger partial charge is 0.264 e. The van der Waals surface area contributed by atoms with Gasteiger partial charge in [-0.3, -0.25) is 4.99 Å². The zero-order valence-electron chi connectivity index (χ0n) is 11.4. The number of hydrogen-bond acceptors (Lipinski definition) is 1. The highest BCUT2D eigenvalue weighted by atomic mass is 14.7. The van der Waals surface area contributed by atoms with E-state index in [0.717, 1.165) is 24.1 Å². The van der Waals surface area contributed by atoms with E-state index in [1.165, 1.54) is 16.7 Å². The molecule has 19 heavy (non-hydrogen) atoms. The first-order valence-electron chi connectivity index (χ1n) is 6.50. The van der Waals surface area contributed by atoms with Crippen LogP contribution in [0.15, 0.2) is 60.1 Å². The number of hydrogen-bond donors (Lipinski definition) is 0. The van der Waals surface area contributed by atoms with Crippen LogP contribution >= 0.6 is 0 Å².